The van der Waals surface area contributed by atoms with Crippen molar-refractivity contribution in [2.24, 2.45) is 5.10 Å². The molecule has 0 fully saturated rings. The van der Waals surface area contributed by atoms with Crippen LogP contribution in [0.3, 0.4) is 0 Å². The lowest BCUT2D eigenvalue weighted by Gasteiger charge is -2.07. The van der Waals surface area contributed by atoms with Gasteiger partial charge in [0.05, 0.1) is 11.2 Å². The van der Waals surface area contributed by atoms with Gasteiger partial charge in [0.1, 0.15) is 22.3 Å². The monoisotopic (exact) mass is 354 g/mol. The molecule has 2 rings (SSSR count). The molecule has 0 aromatic heterocycles. The number of carbonyl (C=O) groups excluding carboxylic acids is 1. The molecule has 1 amide bonds. The number of ether oxygens (including phenoxy) is 1. The molecule has 0 aliphatic rings. The standard InChI is InChI=1S/C15H12Cl2N2O4/c16-11-2-1-3-13(15(11)17)23-8-14(22)19-18-7-9-4-5-10(20)6-12(9)21/h1-7,20-21H,8H2,(H,19,22). The maximum atomic E-state index is 11.6. The van der Waals surface area contributed by atoms with Crippen molar-refractivity contribution in [3.63, 3.8) is 0 Å². The van der Waals surface area contributed by atoms with Crippen LogP contribution in [0.4, 0.5) is 0 Å². The van der Waals surface area contributed by atoms with E-state index < -0.39 is 5.91 Å². The van der Waals surface area contributed by atoms with E-state index in [-0.39, 0.29) is 28.9 Å². The van der Waals surface area contributed by atoms with Crippen molar-refractivity contribution in [3.05, 3.63) is 52.0 Å². The summed E-state index contributed by atoms with van der Waals surface area (Å²) in [5.41, 5.74) is 2.57. The van der Waals surface area contributed by atoms with Crippen LogP contribution in [0.1, 0.15) is 5.56 Å². The van der Waals surface area contributed by atoms with Gasteiger partial charge in [-0.3, -0.25) is 4.79 Å². The number of hydrazone groups is 1. The minimum absolute atomic E-state index is 0.0736. The van der Waals surface area contributed by atoms with E-state index in [0.717, 1.165) is 6.07 Å². The van der Waals surface area contributed by atoms with Crippen molar-refractivity contribution in [1.29, 1.82) is 0 Å². The third-order valence-corrected chi connectivity index (χ3v) is 3.48. The van der Waals surface area contributed by atoms with Gasteiger partial charge in [0, 0.05) is 11.6 Å². The quantitative estimate of drug-likeness (QED) is 0.568. The molecular formula is C15H12Cl2N2O4. The predicted molar refractivity (Wildman–Crippen MR) is 87.5 cm³/mol. The van der Waals surface area contributed by atoms with Crippen molar-refractivity contribution in [3.8, 4) is 17.2 Å². The number of amides is 1. The molecule has 0 aliphatic heterocycles. The Morgan fingerprint density at radius 3 is 2.78 bits per heavy atom. The Balaban J connectivity index is 1.87. The number of rotatable bonds is 5. The Kier molecular flexibility index (Phi) is 5.67. The second-order valence-corrected chi connectivity index (χ2v) is 5.16. The molecular weight excluding hydrogens is 343 g/mol. The van der Waals surface area contributed by atoms with E-state index >= 15 is 0 Å². The lowest BCUT2D eigenvalue weighted by molar-refractivity contribution is -0.123. The summed E-state index contributed by atoms with van der Waals surface area (Å²) in [6, 6.07) is 8.82. The Morgan fingerprint density at radius 2 is 2.04 bits per heavy atom. The highest BCUT2D eigenvalue weighted by Gasteiger charge is 2.07. The van der Waals surface area contributed by atoms with Gasteiger partial charge >= 0.3 is 0 Å². The number of phenols is 2. The molecule has 3 N–H and O–H groups in total. The molecule has 0 spiro atoms. The number of benzene rings is 2. The summed E-state index contributed by atoms with van der Waals surface area (Å²) in [4.78, 5) is 11.6. The van der Waals surface area contributed by atoms with Crippen molar-refractivity contribution in [2.45, 2.75) is 0 Å². The number of halogens is 2. The normalized spacial score (nSPS) is 10.7. The fourth-order valence-electron chi connectivity index (χ4n) is 1.59. The van der Waals surface area contributed by atoms with Gasteiger partial charge in [-0.25, -0.2) is 5.43 Å². The third kappa shape index (κ3) is 4.77. The SMILES string of the molecule is O=C(COc1cccc(Cl)c1Cl)NN=Cc1ccc(O)cc1O. The van der Waals surface area contributed by atoms with Crippen molar-refractivity contribution < 1.29 is 19.7 Å². The zero-order valence-corrected chi connectivity index (χ0v) is 13.2. The van der Waals surface area contributed by atoms with Gasteiger partial charge in [0.15, 0.2) is 6.61 Å². The van der Waals surface area contributed by atoms with Crippen molar-refractivity contribution in [2.75, 3.05) is 6.61 Å². The van der Waals surface area contributed by atoms with Crippen LogP contribution in [-0.4, -0.2) is 28.9 Å². The topological polar surface area (TPSA) is 91.2 Å². The smallest absolute Gasteiger partial charge is 0.277 e. The van der Waals surface area contributed by atoms with Crippen LogP contribution in [0.25, 0.3) is 0 Å². The Labute approximate surface area is 141 Å². The summed E-state index contributed by atoms with van der Waals surface area (Å²) in [5.74, 6) is -0.467. The lowest BCUT2D eigenvalue weighted by atomic mass is 10.2. The van der Waals surface area contributed by atoms with Gasteiger partial charge in [-0.15, -0.1) is 0 Å². The van der Waals surface area contributed by atoms with Crippen LogP contribution in [-0.2, 0) is 4.79 Å². The average Bonchev–Trinajstić information content (AvgIpc) is 2.51. The maximum Gasteiger partial charge on any atom is 0.277 e. The van der Waals surface area contributed by atoms with E-state index in [1.54, 1.807) is 18.2 Å². The molecule has 23 heavy (non-hydrogen) atoms. The van der Waals surface area contributed by atoms with Gasteiger partial charge in [0.25, 0.3) is 5.91 Å². The van der Waals surface area contributed by atoms with Crippen LogP contribution in [0.5, 0.6) is 17.2 Å². The predicted octanol–water partition coefficient (Wildman–Crippen LogP) is 2.93. The Hall–Kier alpha value is -2.44. The van der Waals surface area contributed by atoms with E-state index in [4.69, 9.17) is 33.0 Å². The first-order chi connectivity index (χ1) is 11.0. The number of aromatic hydroxyl groups is 2. The summed E-state index contributed by atoms with van der Waals surface area (Å²) in [5, 5.41) is 22.9. The number of carbonyl (C=O) groups is 1. The van der Waals surface area contributed by atoms with Crippen LogP contribution in [0.15, 0.2) is 41.5 Å². The molecule has 6 nitrogen and oxygen atoms in total. The Morgan fingerprint density at radius 1 is 1.26 bits per heavy atom. The molecule has 0 heterocycles. The number of hydrogen-bond donors (Lipinski definition) is 3. The van der Waals surface area contributed by atoms with Gasteiger partial charge < -0.3 is 14.9 Å². The summed E-state index contributed by atoms with van der Waals surface area (Å²) < 4.78 is 5.24. The van der Waals surface area contributed by atoms with Gasteiger partial charge in [0.2, 0.25) is 0 Å². The molecule has 0 radical (unpaired) electrons. The average molecular weight is 355 g/mol. The molecule has 2 aromatic rings. The highest BCUT2D eigenvalue weighted by Crippen LogP contribution is 2.31. The molecule has 2 aromatic carbocycles. The van der Waals surface area contributed by atoms with Crippen LogP contribution in [0, 0.1) is 0 Å². The second-order valence-electron chi connectivity index (χ2n) is 4.38. The zero-order chi connectivity index (χ0) is 16.8. The molecule has 0 saturated carbocycles. The Bertz CT molecular complexity index is 750. The molecule has 0 aliphatic carbocycles. The van der Waals surface area contributed by atoms with Crippen LogP contribution >= 0.6 is 23.2 Å². The van der Waals surface area contributed by atoms with Gasteiger partial charge in [-0.1, -0.05) is 29.3 Å². The van der Waals surface area contributed by atoms with Crippen molar-refractivity contribution >= 4 is 35.3 Å². The third-order valence-electron chi connectivity index (χ3n) is 2.68. The minimum Gasteiger partial charge on any atom is -0.508 e. The van der Waals surface area contributed by atoms with Crippen LogP contribution < -0.4 is 10.2 Å². The fraction of sp³-hybridized carbons (Fsp3) is 0.0667. The highest BCUT2D eigenvalue weighted by atomic mass is 35.5. The van der Waals surface area contributed by atoms with E-state index in [1.165, 1.54) is 18.3 Å². The summed E-state index contributed by atoms with van der Waals surface area (Å²) in [6.45, 7) is -0.307. The van der Waals surface area contributed by atoms with E-state index in [2.05, 4.69) is 10.5 Å². The van der Waals surface area contributed by atoms with Crippen LogP contribution in [0.2, 0.25) is 10.0 Å². The molecule has 0 bridgehead atoms. The number of nitrogens with zero attached hydrogens (tertiary/aromatic N) is 1. The fourth-order valence-corrected chi connectivity index (χ4v) is 1.93. The minimum atomic E-state index is -0.518. The summed E-state index contributed by atoms with van der Waals surface area (Å²) >= 11 is 11.8. The van der Waals surface area contributed by atoms with Crippen molar-refractivity contribution in [1.82, 2.24) is 5.43 Å². The first-order valence-corrected chi connectivity index (χ1v) is 7.13. The zero-order valence-electron chi connectivity index (χ0n) is 11.7. The first kappa shape index (κ1) is 16.9. The van der Waals surface area contributed by atoms with Gasteiger partial charge in [-0.05, 0) is 24.3 Å². The molecule has 8 heteroatoms. The summed E-state index contributed by atoms with van der Waals surface area (Å²) in [7, 11) is 0. The molecule has 0 atom stereocenters. The lowest BCUT2D eigenvalue weighted by Crippen LogP contribution is -2.24. The van der Waals surface area contributed by atoms with E-state index in [1.807, 2.05) is 0 Å². The molecule has 120 valence electrons. The first-order valence-electron chi connectivity index (χ1n) is 6.38. The number of hydrogen-bond acceptors (Lipinski definition) is 5. The maximum absolute atomic E-state index is 11.6. The number of phenolic OH excluding ortho intramolecular Hbond substituents is 2. The number of nitrogens with one attached hydrogen (secondary N) is 1. The second kappa shape index (κ2) is 7.71. The van der Waals surface area contributed by atoms with E-state index in [9.17, 15) is 9.90 Å². The molecule has 0 saturated heterocycles. The summed E-state index contributed by atoms with van der Waals surface area (Å²) in [6.07, 6.45) is 1.24. The van der Waals surface area contributed by atoms with Gasteiger partial charge in [-0.2, -0.15) is 5.10 Å². The van der Waals surface area contributed by atoms with E-state index in [0.29, 0.717) is 10.6 Å². The molecule has 0 unspecified atom stereocenters. The highest BCUT2D eigenvalue weighted by molar-refractivity contribution is 6.42. The largest absolute Gasteiger partial charge is 0.508 e.